The third-order valence-electron chi connectivity index (χ3n) is 7.36. The first-order valence-corrected chi connectivity index (χ1v) is 11.4. The zero-order chi connectivity index (χ0) is 20.8. The number of rotatable bonds is 4. The highest BCUT2D eigenvalue weighted by Crippen LogP contribution is 2.65. The molecule has 29 heavy (non-hydrogen) atoms. The topological polar surface area (TPSA) is 29.1 Å². The van der Waals surface area contributed by atoms with E-state index in [2.05, 4.69) is 44.3 Å². The molecule has 1 amide bonds. The van der Waals surface area contributed by atoms with Gasteiger partial charge in [0, 0.05) is 16.6 Å². The van der Waals surface area contributed by atoms with Gasteiger partial charge in [-0.3, -0.25) is 4.79 Å². The third-order valence-corrected chi connectivity index (χ3v) is 7.94. The first kappa shape index (κ1) is 20.8. The Kier molecular flexibility index (Phi) is 5.70. The van der Waals surface area contributed by atoms with E-state index in [0.29, 0.717) is 28.4 Å². The van der Waals surface area contributed by atoms with Crippen molar-refractivity contribution in [3.8, 4) is 0 Å². The van der Waals surface area contributed by atoms with Crippen LogP contribution in [0.1, 0.15) is 73.6 Å². The lowest BCUT2D eigenvalue weighted by Gasteiger charge is -2.45. The second-order valence-electron chi connectivity index (χ2n) is 8.99. The zero-order valence-electron chi connectivity index (χ0n) is 17.4. The van der Waals surface area contributed by atoms with Crippen molar-refractivity contribution in [1.82, 2.24) is 5.32 Å². The van der Waals surface area contributed by atoms with Gasteiger partial charge >= 0.3 is 0 Å². The highest BCUT2D eigenvalue weighted by atomic mass is 35.5. The fourth-order valence-electron chi connectivity index (χ4n) is 6.04. The number of benzene rings is 2. The molecular weight excluding hydrogens is 401 g/mol. The summed E-state index contributed by atoms with van der Waals surface area (Å²) >= 11 is 12.3. The van der Waals surface area contributed by atoms with Gasteiger partial charge in [0.1, 0.15) is 0 Å². The number of amides is 1. The first-order chi connectivity index (χ1) is 13.9. The van der Waals surface area contributed by atoms with Crippen molar-refractivity contribution in [3.63, 3.8) is 0 Å². The van der Waals surface area contributed by atoms with E-state index in [1.54, 1.807) is 6.07 Å². The Bertz CT molecular complexity index is 940. The summed E-state index contributed by atoms with van der Waals surface area (Å²) in [5, 5.41) is 4.41. The number of hydrogen-bond donors (Lipinski definition) is 1. The number of fused-ring (bicyclic) bond motifs is 3. The quantitative estimate of drug-likeness (QED) is 0.555. The molecule has 0 bridgehead atoms. The minimum atomic E-state index is -0.0949. The van der Waals surface area contributed by atoms with Crippen LogP contribution >= 0.6 is 23.2 Å². The molecule has 2 nitrogen and oxygen atoms in total. The smallest absolute Gasteiger partial charge is 0.228 e. The third kappa shape index (κ3) is 3.49. The van der Waals surface area contributed by atoms with Crippen molar-refractivity contribution in [1.29, 1.82) is 0 Å². The van der Waals surface area contributed by atoms with Crippen molar-refractivity contribution >= 4 is 29.1 Å². The van der Waals surface area contributed by atoms with E-state index < -0.39 is 0 Å². The van der Waals surface area contributed by atoms with Gasteiger partial charge in [-0.1, -0.05) is 67.7 Å². The van der Waals surface area contributed by atoms with Gasteiger partial charge in [0.05, 0.1) is 5.92 Å². The molecule has 154 valence electrons. The molecule has 2 aliphatic rings. The molecule has 4 heteroatoms. The van der Waals surface area contributed by atoms with Crippen LogP contribution in [0.3, 0.4) is 0 Å². The summed E-state index contributed by atoms with van der Waals surface area (Å²) in [4.78, 5) is 13.7. The molecule has 4 rings (SSSR count). The molecule has 1 fully saturated rings. The van der Waals surface area contributed by atoms with Crippen molar-refractivity contribution in [3.05, 3.63) is 68.7 Å². The Morgan fingerprint density at radius 1 is 1.21 bits per heavy atom. The molecule has 1 N–H and O–H groups in total. The molecule has 4 unspecified atom stereocenters. The van der Waals surface area contributed by atoms with Gasteiger partial charge in [-0.25, -0.2) is 0 Å². The molecule has 2 aromatic rings. The number of hydrogen-bond acceptors (Lipinski definition) is 1. The van der Waals surface area contributed by atoms with Crippen LogP contribution in [0.2, 0.25) is 10.0 Å². The van der Waals surface area contributed by atoms with Gasteiger partial charge in [0.25, 0.3) is 0 Å². The molecular formula is C25H29Cl2NO. The number of aryl methyl sites for hydroxylation is 1. The van der Waals surface area contributed by atoms with E-state index in [1.165, 1.54) is 29.5 Å². The Balaban J connectivity index is 1.69. The molecule has 0 saturated heterocycles. The van der Waals surface area contributed by atoms with Crippen LogP contribution in [0.25, 0.3) is 0 Å². The molecule has 0 aliphatic heterocycles. The summed E-state index contributed by atoms with van der Waals surface area (Å²) in [7, 11) is 0. The molecule has 4 atom stereocenters. The van der Waals surface area contributed by atoms with Crippen molar-refractivity contribution in [2.24, 2.45) is 11.3 Å². The predicted octanol–water partition coefficient (Wildman–Crippen LogP) is 7.02. The van der Waals surface area contributed by atoms with Gasteiger partial charge < -0.3 is 5.32 Å². The number of carbonyl (C=O) groups is 1. The molecule has 0 spiro atoms. The predicted molar refractivity (Wildman–Crippen MR) is 121 cm³/mol. The summed E-state index contributed by atoms with van der Waals surface area (Å²) in [6, 6.07) is 12.0. The minimum Gasteiger partial charge on any atom is -0.351 e. The van der Waals surface area contributed by atoms with E-state index in [0.717, 1.165) is 18.4 Å². The molecule has 0 radical (unpaired) electrons. The Labute approximate surface area is 184 Å². The van der Waals surface area contributed by atoms with Crippen molar-refractivity contribution < 1.29 is 4.79 Å². The van der Waals surface area contributed by atoms with Crippen LogP contribution in [0.5, 0.6) is 0 Å². The number of halogens is 2. The average molecular weight is 430 g/mol. The normalized spacial score (nSPS) is 28.0. The molecule has 0 heterocycles. The molecule has 2 aromatic carbocycles. The molecule has 2 aliphatic carbocycles. The van der Waals surface area contributed by atoms with E-state index in [-0.39, 0.29) is 17.2 Å². The van der Waals surface area contributed by atoms with Crippen LogP contribution in [0.4, 0.5) is 0 Å². The van der Waals surface area contributed by atoms with Crippen LogP contribution in [-0.4, -0.2) is 5.91 Å². The Morgan fingerprint density at radius 2 is 2.00 bits per heavy atom. The van der Waals surface area contributed by atoms with E-state index in [1.807, 2.05) is 12.1 Å². The SMILES string of the molecule is CCC12CC(C)CCC1c1cccc(C)c1C2C(=O)NCc1ccc(Cl)cc1Cl. The Morgan fingerprint density at radius 3 is 2.72 bits per heavy atom. The van der Waals surface area contributed by atoms with Crippen LogP contribution in [-0.2, 0) is 11.3 Å². The number of carbonyl (C=O) groups excluding carboxylic acids is 1. The standard InChI is InChI=1S/C25H29Cl2NO/c1-4-25-13-15(2)8-11-20(25)19-7-5-6-16(3)22(19)23(25)24(29)28-14-17-9-10-18(26)12-21(17)27/h5-7,9-10,12,15,20,23H,4,8,11,13-14H2,1-3H3,(H,28,29). The van der Waals surface area contributed by atoms with Crippen molar-refractivity contribution in [2.75, 3.05) is 0 Å². The van der Waals surface area contributed by atoms with Crippen LogP contribution < -0.4 is 5.32 Å². The van der Waals surface area contributed by atoms with Crippen LogP contribution in [0, 0.1) is 18.3 Å². The summed E-state index contributed by atoms with van der Waals surface area (Å²) in [6.07, 6.45) is 4.56. The van der Waals surface area contributed by atoms with Gasteiger partial charge in [-0.15, -0.1) is 0 Å². The summed E-state index contributed by atoms with van der Waals surface area (Å²) in [6.45, 7) is 7.18. The molecule has 0 aromatic heterocycles. The fraction of sp³-hybridized carbons (Fsp3) is 0.480. The summed E-state index contributed by atoms with van der Waals surface area (Å²) in [5.74, 6) is 1.17. The highest BCUT2D eigenvalue weighted by Gasteiger charge is 2.56. The van der Waals surface area contributed by atoms with Gasteiger partial charge in [-0.05, 0) is 77.8 Å². The van der Waals surface area contributed by atoms with E-state index in [9.17, 15) is 4.79 Å². The lowest BCUT2D eigenvalue weighted by atomic mass is 9.58. The largest absolute Gasteiger partial charge is 0.351 e. The molecule has 1 saturated carbocycles. The van der Waals surface area contributed by atoms with Gasteiger partial charge in [0.15, 0.2) is 0 Å². The van der Waals surface area contributed by atoms with Gasteiger partial charge in [-0.2, -0.15) is 0 Å². The monoisotopic (exact) mass is 429 g/mol. The maximum Gasteiger partial charge on any atom is 0.228 e. The maximum absolute atomic E-state index is 13.7. The second-order valence-corrected chi connectivity index (χ2v) is 9.83. The van der Waals surface area contributed by atoms with Crippen LogP contribution in [0.15, 0.2) is 36.4 Å². The highest BCUT2D eigenvalue weighted by molar-refractivity contribution is 6.35. The Hall–Kier alpha value is -1.51. The maximum atomic E-state index is 13.7. The summed E-state index contributed by atoms with van der Waals surface area (Å²) < 4.78 is 0. The van der Waals surface area contributed by atoms with Crippen molar-refractivity contribution in [2.45, 2.75) is 64.8 Å². The lowest BCUT2D eigenvalue weighted by molar-refractivity contribution is -0.126. The average Bonchev–Trinajstić information content (AvgIpc) is 2.98. The lowest BCUT2D eigenvalue weighted by Crippen LogP contribution is -2.42. The van der Waals surface area contributed by atoms with Gasteiger partial charge in [0.2, 0.25) is 5.91 Å². The fourth-order valence-corrected chi connectivity index (χ4v) is 6.52. The summed E-state index contributed by atoms with van der Waals surface area (Å²) in [5.41, 5.74) is 4.82. The minimum absolute atomic E-state index is 0.0139. The zero-order valence-corrected chi connectivity index (χ0v) is 18.9. The first-order valence-electron chi connectivity index (χ1n) is 10.7. The van der Waals surface area contributed by atoms with E-state index >= 15 is 0 Å². The number of nitrogens with one attached hydrogen (secondary N) is 1. The second kappa shape index (κ2) is 7.96. The van der Waals surface area contributed by atoms with E-state index in [4.69, 9.17) is 23.2 Å².